The van der Waals surface area contributed by atoms with E-state index in [4.69, 9.17) is 0 Å². The number of nitrogens with one attached hydrogen (secondary N) is 1. The molecule has 2 rings (SSSR count). The summed E-state index contributed by atoms with van der Waals surface area (Å²) in [5, 5.41) is 12.9. The number of benzene rings is 1. The summed E-state index contributed by atoms with van der Waals surface area (Å²) in [6.45, 7) is 4.93. The fourth-order valence-electron chi connectivity index (χ4n) is 1.55. The van der Waals surface area contributed by atoms with Gasteiger partial charge in [0.2, 0.25) is 0 Å². The maximum atomic E-state index is 13.6. The molecule has 0 bridgehead atoms. The Kier molecular flexibility index (Phi) is 3.81. The predicted octanol–water partition coefficient (Wildman–Crippen LogP) is 3.01. The molecule has 1 heterocycles. The van der Waals surface area contributed by atoms with Gasteiger partial charge in [0, 0.05) is 5.56 Å². The Morgan fingerprint density at radius 2 is 2.12 bits per heavy atom. The van der Waals surface area contributed by atoms with Crippen molar-refractivity contribution in [3.63, 3.8) is 0 Å². The Morgan fingerprint density at radius 1 is 1.35 bits per heavy atom. The molecule has 0 saturated heterocycles. The molecule has 0 fully saturated rings. The fourth-order valence-corrected chi connectivity index (χ4v) is 2.44. The Bertz CT molecular complexity index is 498. The molecule has 0 radical (unpaired) electrons. The first-order chi connectivity index (χ1) is 8.22. The molecule has 0 aliphatic rings. The van der Waals surface area contributed by atoms with Crippen LogP contribution in [-0.4, -0.2) is 16.7 Å². The van der Waals surface area contributed by atoms with Crippen LogP contribution in [0, 0.1) is 5.82 Å². The van der Waals surface area contributed by atoms with Gasteiger partial charge < -0.3 is 5.32 Å². The van der Waals surface area contributed by atoms with Crippen molar-refractivity contribution in [1.29, 1.82) is 0 Å². The lowest BCUT2D eigenvalue weighted by Gasteiger charge is -2.06. The van der Waals surface area contributed by atoms with E-state index in [1.165, 1.54) is 17.4 Å². The lowest BCUT2D eigenvalue weighted by atomic mass is 10.2. The van der Waals surface area contributed by atoms with Gasteiger partial charge in [-0.3, -0.25) is 0 Å². The highest BCUT2D eigenvalue weighted by atomic mass is 32.1. The van der Waals surface area contributed by atoms with Crippen molar-refractivity contribution in [2.24, 2.45) is 0 Å². The van der Waals surface area contributed by atoms with Crippen LogP contribution in [-0.2, 0) is 0 Å². The maximum Gasteiger partial charge on any atom is 0.150 e. The predicted molar refractivity (Wildman–Crippen MR) is 67.4 cm³/mol. The summed E-state index contributed by atoms with van der Waals surface area (Å²) in [5.41, 5.74) is 0.514. The normalized spacial score (nSPS) is 12.6. The molecular weight excluding hydrogens is 237 g/mol. The molecule has 1 atom stereocenters. The van der Waals surface area contributed by atoms with Crippen molar-refractivity contribution in [1.82, 2.24) is 15.5 Å². The molecule has 0 aliphatic carbocycles. The topological polar surface area (TPSA) is 37.8 Å². The average molecular weight is 251 g/mol. The van der Waals surface area contributed by atoms with Crippen LogP contribution in [0.3, 0.4) is 0 Å². The van der Waals surface area contributed by atoms with Gasteiger partial charge in [0.1, 0.15) is 10.8 Å². The molecule has 17 heavy (non-hydrogen) atoms. The third kappa shape index (κ3) is 2.68. The second-order valence-electron chi connectivity index (χ2n) is 3.70. The van der Waals surface area contributed by atoms with Crippen LogP contribution >= 0.6 is 11.3 Å². The van der Waals surface area contributed by atoms with Crippen molar-refractivity contribution in [2.75, 3.05) is 6.54 Å². The Labute approximate surface area is 104 Å². The van der Waals surface area contributed by atoms with Gasteiger partial charge in [-0.05, 0) is 25.6 Å². The molecule has 0 spiro atoms. The quantitative estimate of drug-likeness (QED) is 0.907. The highest BCUT2D eigenvalue weighted by Gasteiger charge is 2.14. The van der Waals surface area contributed by atoms with Crippen LogP contribution in [0.25, 0.3) is 10.6 Å². The molecule has 2 aromatic rings. The highest BCUT2D eigenvalue weighted by Crippen LogP contribution is 2.28. The molecule has 0 aliphatic heterocycles. The third-order valence-electron chi connectivity index (χ3n) is 2.43. The van der Waals surface area contributed by atoms with Gasteiger partial charge in [0.05, 0.1) is 6.04 Å². The first-order valence-electron chi connectivity index (χ1n) is 5.54. The summed E-state index contributed by atoms with van der Waals surface area (Å²) < 4.78 is 13.6. The largest absolute Gasteiger partial charge is 0.308 e. The highest BCUT2D eigenvalue weighted by molar-refractivity contribution is 7.14. The van der Waals surface area contributed by atoms with Crippen LogP contribution in [0.5, 0.6) is 0 Å². The minimum absolute atomic E-state index is 0.151. The second kappa shape index (κ2) is 5.33. The molecule has 0 saturated carbocycles. The van der Waals surface area contributed by atoms with Gasteiger partial charge in [-0.1, -0.05) is 30.4 Å². The van der Waals surface area contributed by atoms with Gasteiger partial charge in [-0.15, -0.1) is 10.2 Å². The van der Waals surface area contributed by atoms with E-state index in [2.05, 4.69) is 15.5 Å². The van der Waals surface area contributed by atoms with E-state index in [0.29, 0.717) is 10.6 Å². The van der Waals surface area contributed by atoms with Gasteiger partial charge in [0.25, 0.3) is 0 Å². The third-order valence-corrected chi connectivity index (χ3v) is 3.56. The first-order valence-corrected chi connectivity index (χ1v) is 6.35. The number of halogens is 1. The molecule has 1 aromatic carbocycles. The van der Waals surface area contributed by atoms with Gasteiger partial charge >= 0.3 is 0 Å². The van der Waals surface area contributed by atoms with E-state index in [0.717, 1.165) is 11.6 Å². The standard InChI is InChI=1S/C12H14FN3S/c1-3-14-8(2)11-15-16-12(17-11)9-6-4-5-7-10(9)13/h4-8,14H,3H2,1-2H3. The summed E-state index contributed by atoms with van der Waals surface area (Å²) in [7, 11) is 0. The van der Waals surface area contributed by atoms with Crippen LogP contribution in [0.2, 0.25) is 0 Å². The van der Waals surface area contributed by atoms with Gasteiger partial charge in [-0.2, -0.15) is 0 Å². The van der Waals surface area contributed by atoms with Crippen molar-refractivity contribution in [3.8, 4) is 10.6 Å². The van der Waals surface area contributed by atoms with Crippen molar-refractivity contribution in [3.05, 3.63) is 35.1 Å². The monoisotopic (exact) mass is 251 g/mol. The van der Waals surface area contributed by atoms with Crippen molar-refractivity contribution >= 4 is 11.3 Å². The van der Waals surface area contributed by atoms with Gasteiger partial charge in [0.15, 0.2) is 5.01 Å². The minimum Gasteiger partial charge on any atom is -0.308 e. The molecule has 1 aromatic heterocycles. The van der Waals surface area contributed by atoms with Crippen LogP contribution < -0.4 is 5.32 Å². The zero-order chi connectivity index (χ0) is 12.3. The van der Waals surface area contributed by atoms with E-state index < -0.39 is 0 Å². The maximum absolute atomic E-state index is 13.6. The van der Waals surface area contributed by atoms with Crippen molar-refractivity contribution in [2.45, 2.75) is 19.9 Å². The average Bonchev–Trinajstić information content (AvgIpc) is 2.79. The van der Waals surface area contributed by atoms with Crippen LogP contribution in [0.4, 0.5) is 4.39 Å². The Hall–Kier alpha value is -1.33. The number of rotatable bonds is 4. The summed E-state index contributed by atoms with van der Waals surface area (Å²) in [6.07, 6.45) is 0. The lowest BCUT2D eigenvalue weighted by Crippen LogP contribution is -2.17. The molecule has 0 amide bonds. The van der Waals surface area contributed by atoms with Crippen LogP contribution in [0.1, 0.15) is 24.9 Å². The fraction of sp³-hybridized carbons (Fsp3) is 0.333. The summed E-state index contributed by atoms with van der Waals surface area (Å²) in [5.74, 6) is -0.258. The van der Waals surface area contributed by atoms with Gasteiger partial charge in [-0.25, -0.2) is 4.39 Å². The van der Waals surface area contributed by atoms with Crippen LogP contribution in [0.15, 0.2) is 24.3 Å². The van der Waals surface area contributed by atoms with E-state index in [9.17, 15) is 4.39 Å². The summed E-state index contributed by atoms with van der Waals surface area (Å²) in [4.78, 5) is 0. The molecule has 3 nitrogen and oxygen atoms in total. The SMILES string of the molecule is CCNC(C)c1nnc(-c2ccccc2F)s1. The zero-order valence-corrected chi connectivity index (χ0v) is 10.6. The molecule has 90 valence electrons. The minimum atomic E-state index is -0.258. The Morgan fingerprint density at radius 3 is 2.82 bits per heavy atom. The summed E-state index contributed by atoms with van der Waals surface area (Å²) in [6, 6.07) is 6.77. The first kappa shape index (κ1) is 12.1. The number of nitrogens with zero attached hydrogens (tertiary/aromatic N) is 2. The molecule has 5 heteroatoms. The van der Waals surface area contributed by atoms with Crippen molar-refractivity contribution < 1.29 is 4.39 Å². The Balaban J connectivity index is 2.27. The molecule has 1 N–H and O–H groups in total. The van der Waals surface area contributed by atoms with E-state index in [1.54, 1.807) is 18.2 Å². The molecule has 1 unspecified atom stereocenters. The van der Waals surface area contributed by atoms with E-state index in [-0.39, 0.29) is 11.9 Å². The van der Waals surface area contributed by atoms with E-state index in [1.807, 2.05) is 13.8 Å². The number of aromatic nitrogens is 2. The second-order valence-corrected chi connectivity index (χ2v) is 4.71. The number of hydrogen-bond donors (Lipinski definition) is 1. The molecular formula is C12H14FN3S. The lowest BCUT2D eigenvalue weighted by molar-refractivity contribution is 0.590. The number of hydrogen-bond acceptors (Lipinski definition) is 4. The smallest absolute Gasteiger partial charge is 0.150 e. The zero-order valence-electron chi connectivity index (χ0n) is 9.77. The van der Waals surface area contributed by atoms with E-state index >= 15 is 0 Å². The summed E-state index contributed by atoms with van der Waals surface area (Å²) >= 11 is 1.42.